The van der Waals surface area contributed by atoms with Crippen LogP contribution in [0.2, 0.25) is 0 Å². The molecule has 0 fully saturated rings. The fraction of sp³-hybridized carbons (Fsp3) is 0.222. The summed E-state index contributed by atoms with van der Waals surface area (Å²) in [6, 6.07) is 13.4. The van der Waals surface area contributed by atoms with E-state index >= 15 is 0 Å². The molecule has 0 unspecified atom stereocenters. The zero-order chi connectivity index (χ0) is 15.7. The van der Waals surface area contributed by atoms with E-state index in [9.17, 15) is 4.79 Å². The van der Waals surface area contributed by atoms with Gasteiger partial charge in [0.05, 0.1) is 0 Å². The molecule has 3 aromatic rings. The molecule has 0 spiro atoms. The summed E-state index contributed by atoms with van der Waals surface area (Å²) in [6.07, 6.45) is 0. The Labute approximate surface area is 129 Å². The third kappa shape index (κ3) is 2.72. The molecule has 0 aliphatic heterocycles. The van der Waals surface area contributed by atoms with Crippen LogP contribution in [0.25, 0.3) is 22.6 Å². The molecule has 0 aliphatic carbocycles. The highest BCUT2D eigenvalue weighted by Gasteiger charge is 2.11. The first kappa shape index (κ1) is 14.3. The van der Waals surface area contributed by atoms with Crippen LogP contribution in [0.1, 0.15) is 19.4 Å². The highest BCUT2D eigenvalue weighted by atomic mass is 16.3. The Morgan fingerprint density at radius 2 is 1.86 bits per heavy atom. The van der Waals surface area contributed by atoms with Crippen molar-refractivity contribution in [2.45, 2.75) is 20.8 Å². The first-order chi connectivity index (χ1) is 10.5. The molecule has 1 heterocycles. The second kappa shape index (κ2) is 5.64. The van der Waals surface area contributed by atoms with Crippen molar-refractivity contribution in [3.8, 4) is 11.5 Å². The molecule has 22 heavy (non-hydrogen) atoms. The zero-order valence-electron chi connectivity index (χ0n) is 12.9. The molecule has 4 nitrogen and oxygen atoms in total. The van der Waals surface area contributed by atoms with E-state index in [2.05, 4.69) is 10.3 Å². The van der Waals surface area contributed by atoms with E-state index in [4.69, 9.17) is 4.42 Å². The van der Waals surface area contributed by atoms with Crippen LogP contribution in [-0.4, -0.2) is 10.9 Å². The van der Waals surface area contributed by atoms with E-state index in [-0.39, 0.29) is 11.8 Å². The fourth-order valence-electron chi connectivity index (χ4n) is 2.19. The summed E-state index contributed by atoms with van der Waals surface area (Å²) in [5, 5.41) is 2.87. The molecule has 0 saturated carbocycles. The molecule has 3 rings (SSSR count). The second-order valence-electron chi connectivity index (χ2n) is 5.66. The lowest BCUT2D eigenvalue weighted by Gasteiger charge is -2.07. The molecule has 1 aromatic heterocycles. The molecule has 0 radical (unpaired) electrons. The topological polar surface area (TPSA) is 55.1 Å². The largest absolute Gasteiger partial charge is 0.436 e. The Morgan fingerprint density at radius 1 is 1.14 bits per heavy atom. The van der Waals surface area contributed by atoms with Crippen LogP contribution in [0.5, 0.6) is 0 Å². The molecular formula is C18H18N2O2. The van der Waals surface area contributed by atoms with Crippen LogP contribution in [0.15, 0.2) is 46.9 Å². The number of aryl methyl sites for hydroxylation is 1. The monoisotopic (exact) mass is 294 g/mol. The van der Waals surface area contributed by atoms with Gasteiger partial charge in [0.15, 0.2) is 5.58 Å². The minimum Gasteiger partial charge on any atom is -0.436 e. The van der Waals surface area contributed by atoms with Gasteiger partial charge < -0.3 is 9.73 Å². The Balaban J connectivity index is 1.88. The maximum absolute atomic E-state index is 11.7. The lowest BCUT2D eigenvalue weighted by Crippen LogP contribution is -2.17. The summed E-state index contributed by atoms with van der Waals surface area (Å²) in [5.74, 6) is 0.552. The molecule has 112 valence electrons. The molecule has 0 atom stereocenters. The summed E-state index contributed by atoms with van der Waals surface area (Å²) < 4.78 is 5.80. The van der Waals surface area contributed by atoms with E-state index in [1.807, 2.05) is 63.2 Å². The molecular weight excluding hydrogens is 276 g/mol. The summed E-state index contributed by atoms with van der Waals surface area (Å²) in [6.45, 7) is 5.74. The fourth-order valence-corrected chi connectivity index (χ4v) is 2.19. The van der Waals surface area contributed by atoms with Gasteiger partial charge in [0.1, 0.15) is 5.52 Å². The second-order valence-corrected chi connectivity index (χ2v) is 5.66. The van der Waals surface area contributed by atoms with Crippen LogP contribution in [0.4, 0.5) is 5.69 Å². The van der Waals surface area contributed by atoms with E-state index in [0.29, 0.717) is 5.89 Å². The number of hydrogen-bond acceptors (Lipinski definition) is 3. The number of nitrogens with one attached hydrogen (secondary N) is 1. The van der Waals surface area contributed by atoms with E-state index in [0.717, 1.165) is 27.9 Å². The highest BCUT2D eigenvalue weighted by Crippen LogP contribution is 2.26. The van der Waals surface area contributed by atoms with Crippen molar-refractivity contribution < 1.29 is 9.21 Å². The first-order valence-corrected chi connectivity index (χ1v) is 7.32. The number of nitrogens with zero attached hydrogens (tertiary/aromatic N) is 1. The van der Waals surface area contributed by atoms with Crippen molar-refractivity contribution >= 4 is 22.7 Å². The number of hydrogen-bond donors (Lipinski definition) is 1. The number of fused-ring (bicyclic) bond motifs is 1. The van der Waals surface area contributed by atoms with Gasteiger partial charge >= 0.3 is 0 Å². The van der Waals surface area contributed by atoms with Crippen LogP contribution in [-0.2, 0) is 4.79 Å². The van der Waals surface area contributed by atoms with Crippen LogP contribution < -0.4 is 5.32 Å². The smallest absolute Gasteiger partial charge is 0.227 e. The minimum absolute atomic E-state index is 0.00485. The predicted octanol–water partition coefficient (Wildman–Crippen LogP) is 4.40. The number of carbonyl (C=O) groups is 1. The average molecular weight is 294 g/mol. The van der Waals surface area contributed by atoms with Crippen molar-refractivity contribution in [2.24, 2.45) is 5.92 Å². The van der Waals surface area contributed by atoms with Gasteiger partial charge in [-0.15, -0.1) is 0 Å². The Bertz CT molecular complexity index is 817. The van der Waals surface area contributed by atoms with Crippen molar-refractivity contribution in [1.82, 2.24) is 4.98 Å². The summed E-state index contributed by atoms with van der Waals surface area (Å²) in [5.41, 5.74) is 4.42. The summed E-state index contributed by atoms with van der Waals surface area (Å²) in [7, 11) is 0. The number of rotatable bonds is 3. The number of aromatic nitrogens is 1. The number of amides is 1. The van der Waals surface area contributed by atoms with E-state index in [1.165, 1.54) is 0 Å². The highest BCUT2D eigenvalue weighted by molar-refractivity contribution is 5.92. The van der Waals surface area contributed by atoms with Crippen molar-refractivity contribution in [2.75, 3.05) is 5.32 Å². The minimum atomic E-state index is -0.0420. The van der Waals surface area contributed by atoms with Crippen LogP contribution in [0.3, 0.4) is 0 Å². The predicted molar refractivity (Wildman–Crippen MR) is 87.6 cm³/mol. The van der Waals surface area contributed by atoms with Gasteiger partial charge in [-0.25, -0.2) is 4.98 Å². The number of para-hydroxylation sites is 1. The number of anilines is 1. The van der Waals surface area contributed by atoms with Gasteiger partial charge in [-0.3, -0.25) is 4.79 Å². The Kier molecular flexibility index (Phi) is 3.67. The van der Waals surface area contributed by atoms with Crippen LogP contribution in [0, 0.1) is 12.8 Å². The molecule has 1 N–H and O–H groups in total. The summed E-state index contributed by atoms with van der Waals surface area (Å²) in [4.78, 5) is 16.2. The van der Waals surface area contributed by atoms with Crippen molar-refractivity contribution in [1.29, 1.82) is 0 Å². The standard InChI is InChI=1S/C18H18N2O2/c1-11(2)17(21)19-14-9-7-13(8-10-14)18-20-16-12(3)5-4-6-15(16)22-18/h4-11H,1-3H3,(H,19,21). The van der Waals surface area contributed by atoms with Gasteiger partial charge in [-0.1, -0.05) is 26.0 Å². The molecule has 2 aromatic carbocycles. The van der Waals surface area contributed by atoms with Crippen molar-refractivity contribution in [3.63, 3.8) is 0 Å². The van der Waals surface area contributed by atoms with Crippen LogP contribution >= 0.6 is 0 Å². The SMILES string of the molecule is Cc1cccc2oc(-c3ccc(NC(=O)C(C)C)cc3)nc12. The van der Waals surface area contributed by atoms with Gasteiger partial charge in [0.25, 0.3) is 0 Å². The van der Waals surface area contributed by atoms with Crippen molar-refractivity contribution in [3.05, 3.63) is 48.0 Å². The van der Waals surface area contributed by atoms with E-state index in [1.54, 1.807) is 0 Å². The quantitative estimate of drug-likeness (QED) is 0.779. The molecule has 0 bridgehead atoms. The number of oxazole rings is 1. The molecule has 1 amide bonds. The average Bonchev–Trinajstić information content (AvgIpc) is 2.93. The zero-order valence-corrected chi connectivity index (χ0v) is 12.9. The maximum atomic E-state index is 11.7. The third-order valence-corrected chi connectivity index (χ3v) is 3.54. The Hall–Kier alpha value is -2.62. The number of benzene rings is 2. The van der Waals surface area contributed by atoms with Gasteiger partial charge in [-0.2, -0.15) is 0 Å². The normalized spacial score (nSPS) is 11.1. The van der Waals surface area contributed by atoms with Gasteiger partial charge in [0, 0.05) is 17.2 Å². The van der Waals surface area contributed by atoms with Gasteiger partial charge in [-0.05, 0) is 42.8 Å². The number of carbonyl (C=O) groups excluding carboxylic acids is 1. The molecule has 4 heteroatoms. The molecule has 0 saturated heterocycles. The maximum Gasteiger partial charge on any atom is 0.227 e. The first-order valence-electron chi connectivity index (χ1n) is 7.32. The lowest BCUT2D eigenvalue weighted by atomic mass is 10.1. The lowest BCUT2D eigenvalue weighted by molar-refractivity contribution is -0.118. The summed E-state index contributed by atoms with van der Waals surface area (Å²) >= 11 is 0. The Morgan fingerprint density at radius 3 is 2.50 bits per heavy atom. The van der Waals surface area contributed by atoms with Gasteiger partial charge in [0.2, 0.25) is 11.8 Å². The molecule has 0 aliphatic rings. The van der Waals surface area contributed by atoms with E-state index < -0.39 is 0 Å². The third-order valence-electron chi connectivity index (χ3n) is 3.54.